The molecule has 0 saturated carbocycles. The maximum Gasteiger partial charge on any atom is 0.321 e. The van der Waals surface area contributed by atoms with E-state index in [1.54, 1.807) is 24.3 Å². The Morgan fingerprint density at radius 3 is 2.60 bits per heavy atom. The first-order chi connectivity index (χ1) is 11.9. The van der Waals surface area contributed by atoms with Crippen molar-refractivity contribution in [2.75, 3.05) is 18.1 Å². The number of nitrogens with two attached hydrogens (primary N) is 1. The maximum atomic E-state index is 11.8. The summed E-state index contributed by atoms with van der Waals surface area (Å²) < 4.78 is 1.29. The van der Waals surface area contributed by atoms with E-state index in [0.717, 1.165) is 17.3 Å². The standard InChI is InChI=1S/C15H19ClN6O2S/c1-9(2)7-18-14(24)19-12(23)8-25-15-21-20-13(22(15)17)10-3-5-11(16)6-4-10/h3-6,9H,7-8,17H2,1-2H3,(H2,18,19,23,24). The molecule has 1 heterocycles. The molecule has 0 fully saturated rings. The molecule has 0 radical (unpaired) electrons. The van der Waals surface area contributed by atoms with Crippen LogP contribution in [0.3, 0.4) is 0 Å². The van der Waals surface area contributed by atoms with Gasteiger partial charge < -0.3 is 11.2 Å². The maximum absolute atomic E-state index is 11.8. The van der Waals surface area contributed by atoms with E-state index >= 15 is 0 Å². The molecule has 3 amide bonds. The van der Waals surface area contributed by atoms with Gasteiger partial charge in [-0.1, -0.05) is 37.2 Å². The number of imide groups is 1. The van der Waals surface area contributed by atoms with Gasteiger partial charge in [-0.3, -0.25) is 10.1 Å². The third-order valence-electron chi connectivity index (χ3n) is 3.02. The number of benzene rings is 1. The molecular formula is C15H19ClN6O2S. The van der Waals surface area contributed by atoms with Crippen LogP contribution >= 0.6 is 23.4 Å². The average molecular weight is 383 g/mol. The lowest BCUT2D eigenvalue weighted by Crippen LogP contribution is -2.41. The first-order valence-electron chi connectivity index (χ1n) is 7.53. The number of carbonyl (C=O) groups excluding carboxylic acids is 2. The number of nitrogens with one attached hydrogen (secondary N) is 2. The van der Waals surface area contributed by atoms with Crippen LogP contribution in [0.15, 0.2) is 29.4 Å². The molecule has 25 heavy (non-hydrogen) atoms. The van der Waals surface area contributed by atoms with Crippen molar-refractivity contribution in [1.82, 2.24) is 25.5 Å². The van der Waals surface area contributed by atoms with Gasteiger partial charge in [-0.05, 0) is 30.2 Å². The predicted octanol–water partition coefficient (Wildman–Crippen LogP) is 1.89. The normalized spacial score (nSPS) is 10.7. The third-order valence-corrected chi connectivity index (χ3v) is 4.22. The number of amides is 3. The van der Waals surface area contributed by atoms with Crippen molar-refractivity contribution in [3.05, 3.63) is 29.3 Å². The molecule has 134 valence electrons. The van der Waals surface area contributed by atoms with Crippen molar-refractivity contribution < 1.29 is 9.59 Å². The minimum atomic E-state index is -0.518. The van der Waals surface area contributed by atoms with Gasteiger partial charge in [0.05, 0.1) is 5.75 Å². The smallest absolute Gasteiger partial charge is 0.321 e. The summed E-state index contributed by atoms with van der Waals surface area (Å²) in [5.74, 6) is 6.27. The Kier molecular flexibility index (Phi) is 6.65. The summed E-state index contributed by atoms with van der Waals surface area (Å²) in [7, 11) is 0. The number of nitrogens with zero attached hydrogens (tertiary/aromatic N) is 3. The fourth-order valence-electron chi connectivity index (χ4n) is 1.81. The summed E-state index contributed by atoms with van der Waals surface area (Å²) in [4.78, 5) is 23.3. The summed E-state index contributed by atoms with van der Waals surface area (Å²) in [6, 6.07) is 6.48. The van der Waals surface area contributed by atoms with Crippen LogP contribution in [0.25, 0.3) is 11.4 Å². The van der Waals surface area contributed by atoms with Gasteiger partial charge >= 0.3 is 6.03 Å². The van der Waals surface area contributed by atoms with Crippen LogP contribution in [0.4, 0.5) is 4.79 Å². The van der Waals surface area contributed by atoms with E-state index in [2.05, 4.69) is 20.8 Å². The van der Waals surface area contributed by atoms with Crippen LogP contribution in [0, 0.1) is 5.92 Å². The Labute approximate surface area is 154 Å². The zero-order valence-electron chi connectivity index (χ0n) is 13.8. The lowest BCUT2D eigenvalue weighted by Gasteiger charge is -2.08. The lowest BCUT2D eigenvalue weighted by atomic mass is 10.2. The van der Waals surface area contributed by atoms with E-state index in [1.165, 1.54) is 4.68 Å². The van der Waals surface area contributed by atoms with Crippen LogP contribution in [0.2, 0.25) is 5.02 Å². The monoisotopic (exact) mass is 382 g/mol. The number of thioether (sulfide) groups is 1. The number of nitrogen functional groups attached to an aromatic ring is 1. The number of hydrogen-bond acceptors (Lipinski definition) is 6. The fraction of sp³-hybridized carbons (Fsp3) is 0.333. The molecule has 8 nitrogen and oxygen atoms in total. The predicted molar refractivity (Wildman–Crippen MR) is 97.7 cm³/mol. The van der Waals surface area contributed by atoms with Gasteiger partial charge in [0.1, 0.15) is 0 Å². The number of halogens is 1. The largest absolute Gasteiger partial charge is 0.338 e. The zero-order valence-corrected chi connectivity index (χ0v) is 15.4. The van der Waals surface area contributed by atoms with Crippen molar-refractivity contribution in [1.29, 1.82) is 0 Å². The first kappa shape index (κ1) is 19.1. The third kappa shape index (κ3) is 5.64. The molecule has 0 aliphatic heterocycles. The highest BCUT2D eigenvalue weighted by atomic mass is 35.5. The van der Waals surface area contributed by atoms with E-state index in [1.807, 2.05) is 13.8 Å². The highest BCUT2D eigenvalue weighted by molar-refractivity contribution is 7.99. The Balaban J connectivity index is 1.90. The van der Waals surface area contributed by atoms with E-state index in [-0.39, 0.29) is 5.75 Å². The second-order valence-electron chi connectivity index (χ2n) is 5.62. The molecule has 0 aliphatic carbocycles. The molecule has 0 saturated heterocycles. The summed E-state index contributed by atoms with van der Waals surface area (Å²) >= 11 is 6.94. The molecule has 0 aliphatic rings. The zero-order chi connectivity index (χ0) is 18.4. The van der Waals surface area contributed by atoms with E-state index in [9.17, 15) is 9.59 Å². The molecule has 4 N–H and O–H groups in total. The van der Waals surface area contributed by atoms with E-state index in [0.29, 0.717) is 28.5 Å². The van der Waals surface area contributed by atoms with Gasteiger partial charge in [-0.15, -0.1) is 10.2 Å². The molecule has 2 aromatic rings. The second-order valence-corrected chi connectivity index (χ2v) is 7.00. The lowest BCUT2D eigenvalue weighted by molar-refractivity contribution is -0.117. The van der Waals surface area contributed by atoms with Gasteiger partial charge in [-0.2, -0.15) is 0 Å². The van der Waals surface area contributed by atoms with Gasteiger partial charge in [-0.25, -0.2) is 9.47 Å². The van der Waals surface area contributed by atoms with Crippen LogP contribution in [0.5, 0.6) is 0 Å². The van der Waals surface area contributed by atoms with E-state index < -0.39 is 11.9 Å². The van der Waals surface area contributed by atoms with Crippen molar-refractivity contribution in [2.45, 2.75) is 19.0 Å². The summed E-state index contributed by atoms with van der Waals surface area (Å²) in [6.45, 7) is 4.42. The van der Waals surface area contributed by atoms with Crippen LogP contribution in [-0.4, -0.2) is 39.1 Å². The van der Waals surface area contributed by atoms with Crippen molar-refractivity contribution >= 4 is 35.3 Å². The minimum absolute atomic E-state index is 0.00888. The Morgan fingerprint density at radius 2 is 1.96 bits per heavy atom. The Bertz CT molecular complexity index is 747. The van der Waals surface area contributed by atoms with Gasteiger partial charge in [0.25, 0.3) is 0 Å². The van der Waals surface area contributed by atoms with Crippen molar-refractivity contribution in [3.8, 4) is 11.4 Å². The molecule has 0 unspecified atom stereocenters. The average Bonchev–Trinajstić information content (AvgIpc) is 2.92. The molecule has 0 spiro atoms. The minimum Gasteiger partial charge on any atom is -0.338 e. The van der Waals surface area contributed by atoms with Gasteiger partial charge in [0, 0.05) is 17.1 Å². The summed E-state index contributed by atoms with van der Waals surface area (Å²) in [5, 5.41) is 13.8. The van der Waals surface area contributed by atoms with Crippen molar-refractivity contribution in [2.24, 2.45) is 5.92 Å². The number of aromatic nitrogens is 3. The van der Waals surface area contributed by atoms with Gasteiger partial charge in [0.15, 0.2) is 5.82 Å². The number of rotatable bonds is 6. The topological polar surface area (TPSA) is 115 Å². The van der Waals surface area contributed by atoms with Crippen LogP contribution in [-0.2, 0) is 4.79 Å². The molecule has 1 aromatic heterocycles. The highest BCUT2D eigenvalue weighted by Crippen LogP contribution is 2.22. The number of hydrogen-bond donors (Lipinski definition) is 3. The highest BCUT2D eigenvalue weighted by Gasteiger charge is 2.15. The van der Waals surface area contributed by atoms with Gasteiger partial charge in [0.2, 0.25) is 11.1 Å². The molecule has 1 aromatic carbocycles. The molecule has 0 atom stereocenters. The van der Waals surface area contributed by atoms with Crippen LogP contribution < -0.4 is 16.5 Å². The second kappa shape index (κ2) is 8.72. The van der Waals surface area contributed by atoms with Crippen LogP contribution in [0.1, 0.15) is 13.8 Å². The Hall–Kier alpha value is -2.26. The Morgan fingerprint density at radius 1 is 1.28 bits per heavy atom. The number of urea groups is 1. The molecule has 2 rings (SSSR count). The van der Waals surface area contributed by atoms with Crippen molar-refractivity contribution in [3.63, 3.8) is 0 Å². The number of carbonyl (C=O) groups is 2. The summed E-state index contributed by atoms with van der Waals surface area (Å²) in [6.07, 6.45) is 0. The molecule has 10 heteroatoms. The SMILES string of the molecule is CC(C)CNC(=O)NC(=O)CSc1nnc(-c2ccc(Cl)cc2)n1N. The van der Waals surface area contributed by atoms with E-state index in [4.69, 9.17) is 17.4 Å². The first-order valence-corrected chi connectivity index (χ1v) is 8.90. The fourth-order valence-corrected chi connectivity index (χ4v) is 2.59. The molecule has 0 bridgehead atoms. The summed E-state index contributed by atoms with van der Waals surface area (Å²) in [5.41, 5.74) is 0.753. The quantitative estimate of drug-likeness (QED) is 0.519. The molecular weight excluding hydrogens is 364 g/mol.